The molecule has 96 valence electrons. The van der Waals surface area contributed by atoms with Crippen molar-refractivity contribution in [1.29, 1.82) is 0 Å². The highest BCUT2D eigenvalue weighted by Gasteiger charge is 2.14. The predicted octanol–water partition coefficient (Wildman–Crippen LogP) is 2.48. The number of rotatable bonds is 5. The lowest BCUT2D eigenvalue weighted by molar-refractivity contribution is 0.406. The van der Waals surface area contributed by atoms with Crippen molar-refractivity contribution < 1.29 is 4.74 Å². The van der Waals surface area contributed by atoms with Gasteiger partial charge in [0.05, 0.1) is 7.11 Å². The summed E-state index contributed by atoms with van der Waals surface area (Å²) in [7, 11) is 1.71. The van der Waals surface area contributed by atoms with Crippen molar-refractivity contribution >= 4 is 0 Å². The molecular weight excluding hydrogens is 212 g/mol. The van der Waals surface area contributed by atoms with E-state index in [4.69, 9.17) is 16.2 Å². The maximum atomic E-state index is 6.15. The summed E-state index contributed by atoms with van der Waals surface area (Å²) in [6, 6.07) is 4.25. The third-order valence-electron chi connectivity index (χ3n) is 3.12. The standard InChI is InChI=1S/C14H24N2O/c1-9(2)11-8-12(13(16)5-6-15)10(3)7-14(11)17-4/h7-9,13H,5-6,15-16H2,1-4H3. The van der Waals surface area contributed by atoms with Crippen molar-refractivity contribution in [1.82, 2.24) is 0 Å². The Hall–Kier alpha value is -1.06. The van der Waals surface area contributed by atoms with Crippen LogP contribution in [0.3, 0.4) is 0 Å². The summed E-state index contributed by atoms with van der Waals surface area (Å²) >= 11 is 0. The van der Waals surface area contributed by atoms with Crippen molar-refractivity contribution in [2.24, 2.45) is 11.5 Å². The van der Waals surface area contributed by atoms with Crippen molar-refractivity contribution in [3.8, 4) is 5.75 Å². The molecule has 1 rings (SSSR count). The Balaban J connectivity index is 3.19. The Kier molecular flexibility index (Phi) is 4.97. The fourth-order valence-corrected chi connectivity index (χ4v) is 2.08. The van der Waals surface area contributed by atoms with Crippen LogP contribution in [-0.2, 0) is 0 Å². The molecule has 3 nitrogen and oxygen atoms in total. The minimum Gasteiger partial charge on any atom is -0.496 e. The lowest BCUT2D eigenvalue weighted by atomic mass is 9.92. The SMILES string of the molecule is COc1cc(C)c(C(N)CCN)cc1C(C)C. The first-order chi connectivity index (χ1) is 8.01. The van der Waals surface area contributed by atoms with Crippen LogP contribution >= 0.6 is 0 Å². The van der Waals surface area contributed by atoms with E-state index in [9.17, 15) is 0 Å². The molecule has 0 radical (unpaired) electrons. The highest BCUT2D eigenvalue weighted by atomic mass is 16.5. The van der Waals surface area contributed by atoms with E-state index in [1.807, 2.05) is 0 Å². The molecule has 1 unspecified atom stereocenters. The highest BCUT2D eigenvalue weighted by Crippen LogP contribution is 2.32. The molecule has 3 heteroatoms. The Morgan fingerprint density at radius 2 is 1.88 bits per heavy atom. The Bertz CT molecular complexity index is 375. The van der Waals surface area contributed by atoms with Gasteiger partial charge in [-0.15, -0.1) is 0 Å². The monoisotopic (exact) mass is 236 g/mol. The first kappa shape index (κ1) is 14.0. The molecule has 1 aromatic rings. The average Bonchev–Trinajstić information content (AvgIpc) is 2.28. The lowest BCUT2D eigenvalue weighted by Crippen LogP contribution is -2.17. The van der Waals surface area contributed by atoms with Crippen molar-refractivity contribution in [2.45, 2.75) is 39.2 Å². The quantitative estimate of drug-likeness (QED) is 0.825. The largest absolute Gasteiger partial charge is 0.496 e. The second-order valence-corrected chi connectivity index (χ2v) is 4.79. The number of hydrogen-bond acceptors (Lipinski definition) is 3. The molecule has 0 saturated heterocycles. The zero-order valence-corrected chi connectivity index (χ0v) is 11.3. The number of aryl methyl sites for hydroxylation is 1. The summed E-state index contributed by atoms with van der Waals surface area (Å²) in [5.41, 5.74) is 15.3. The van der Waals surface area contributed by atoms with Gasteiger partial charge in [0.15, 0.2) is 0 Å². The van der Waals surface area contributed by atoms with E-state index in [0.717, 1.165) is 12.2 Å². The summed E-state index contributed by atoms with van der Waals surface area (Å²) in [5, 5.41) is 0. The van der Waals surface area contributed by atoms with E-state index in [1.54, 1.807) is 7.11 Å². The topological polar surface area (TPSA) is 61.3 Å². The molecule has 0 aliphatic carbocycles. The van der Waals surface area contributed by atoms with Crippen molar-refractivity contribution in [2.75, 3.05) is 13.7 Å². The van der Waals surface area contributed by atoms with Crippen LogP contribution in [-0.4, -0.2) is 13.7 Å². The lowest BCUT2D eigenvalue weighted by Gasteiger charge is -2.19. The predicted molar refractivity (Wildman–Crippen MR) is 72.4 cm³/mol. The summed E-state index contributed by atoms with van der Waals surface area (Å²) < 4.78 is 5.42. The van der Waals surface area contributed by atoms with Gasteiger partial charge in [0, 0.05) is 6.04 Å². The zero-order valence-electron chi connectivity index (χ0n) is 11.3. The summed E-state index contributed by atoms with van der Waals surface area (Å²) in [4.78, 5) is 0. The first-order valence-electron chi connectivity index (χ1n) is 6.15. The molecule has 0 aliphatic rings. The zero-order chi connectivity index (χ0) is 13.0. The molecule has 0 aliphatic heterocycles. The molecule has 0 fully saturated rings. The summed E-state index contributed by atoms with van der Waals surface area (Å²) in [6.45, 7) is 7.00. The smallest absolute Gasteiger partial charge is 0.122 e. The fourth-order valence-electron chi connectivity index (χ4n) is 2.08. The second-order valence-electron chi connectivity index (χ2n) is 4.79. The third kappa shape index (κ3) is 3.20. The molecule has 0 spiro atoms. The minimum atomic E-state index is 0.0170. The molecule has 0 aromatic heterocycles. The average molecular weight is 236 g/mol. The van der Waals surface area contributed by atoms with E-state index in [0.29, 0.717) is 12.5 Å². The second kappa shape index (κ2) is 6.03. The van der Waals surface area contributed by atoms with Gasteiger partial charge in [-0.2, -0.15) is 0 Å². The molecule has 0 heterocycles. The van der Waals surface area contributed by atoms with Gasteiger partial charge >= 0.3 is 0 Å². The summed E-state index contributed by atoms with van der Waals surface area (Å²) in [6.07, 6.45) is 0.810. The van der Waals surface area contributed by atoms with Crippen molar-refractivity contribution in [3.63, 3.8) is 0 Å². The van der Waals surface area contributed by atoms with E-state index in [-0.39, 0.29) is 6.04 Å². The van der Waals surface area contributed by atoms with Crippen LogP contribution in [0, 0.1) is 6.92 Å². The van der Waals surface area contributed by atoms with Gasteiger partial charge in [0.2, 0.25) is 0 Å². The molecule has 0 amide bonds. The van der Waals surface area contributed by atoms with Gasteiger partial charge in [-0.25, -0.2) is 0 Å². The van der Waals surface area contributed by atoms with Crippen LogP contribution < -0.4 is 16.2 Å². The van der Waals surface area contributed by atoms with Crippen LogP contribution in [0.5, 0.6) is 5.75 Å². The fraction of sp³-hybridized carbons (Fsp3) is 0.571. The number of methoxy groups -OCH3 is 1. The molecule has 0 saturated carbocycles. The summed E-state index contributed by atoms with van der Waals surface area (Å²) in [5.74, 6) is 1.37. The maximum Gasteiger partial charge on any atom is 0.122 e. The molecule has 17 heavy (non-hydrogen) atoms. The molecule has 4 N–H and O–H groups in total. The van der Waals surface area contributed by atoms with Crippen LogP contribution in [0.1, 0.15) is 48.9 Å². The van der Waals surface area contributed by atoms with Gasteiger partial charge in [0.1, 0.15) is 5.75 Å². The molecular formula is C14H24N2O. The minimum absolute atomic E-state index is 0.0170. The number of ether oxygens (including phenoxy) is 1. The normalized spacial score (nSPS) is 12.9. The van der Waals surface area contributed by atoms with Crippen LogP contribution in [0.2, 0.25) is 0 Å². The van der Waals surface area contributed by atoms with Crippen LogP contribution in [0.25, 0.3) is 0 Å². The van der Waals surface area contributed by atoms with E-state index in [2.05, 4.69) is 32.9 Å². The van der Waals surface area contributed by atoms with Gasteiger partial charge in [-0.05, 0) is 48.6 Å². The number of benzene rings is 1. The van der Waals surface area contributed by atoms with E-state index in [1.165, 1.54) is 16.7 Å². The van der Waals surface area contributed by atoms with E-state index >= 15 is 0 Å². The Labute approximate surface area is 104 Å². The van der Waals surface area contributed by atoms with E-state index < -0.39 is 0 Å². The Morgan fingerprint density at radius 3 is 2.35 bits per heavy atom. The molecule has 1 atom stereocenters. The third-order valence-corrected chi connectivity index (χ3v) is 3.12. The Morgan fingerprint density at radius 1 is 1.24 bits per heavy atom. The van der Waals surface area contributed by atoms with Gasteiger partial charge < -0.3 is 16.2 Å². The maximum absolute atomic E-state index is 6.15. The van der Waals surface area contributed by atoms with Crippen LogP contribution in [0.4, 0.5) is 0 Å². The highest BCUT2D eigenvalue weighted by molar-refractivity contribution is 5.45. The van der Waals surface area contributed by atoms with Gasteiger partial charge in [-0.3, -0.25) is 0 Å². The molecule has 1 aromatic carbocycles. The first-order valence-corrected chi connectivity index (χ1v) is 6.15. The van der Waals surface area contributed by atoms with Gasteiger partial charge in [-0.1, -0.05) is 19.9 Å². The van der Waals surface area contributed by atoms with Crippen LogP contribution in [0.15, 0.2) is 12.1 Å². The number of hydrogen-bond donors (Lipinski definition) is 2. The molecule has 0 bridgehead atoms. The number of nitrogens with two attached hydrogens (primary N) is 2. The van der Waals surface area contributed by atoms with Gasteiger partial charge in [0.25, 0.3) is 0 Å². The van der Waals surface area contributed by atoms with Crippen molar-refractivity contribution in [3.05, 3.63) is 28.8 Å².